The molecule has 2 aromatic carbocycles. The summed E-state index contributed by atoms with van der Waals surface area (Å²) in [5, 5.41) is 7.97. The minimum Gasteiger partial charge on any atom is -0.482 e. The van der Waals surface area contributed by atoms with Crippen LogP contribution in [0.5, 0.6) is 5.75 Å². The van der Waals surface area contributed by atoms with Crippen LogP contribution in [0, 0.1) is 0 Å². The molecule has 9 heteroatoms. The Balaban J connectivity index is 1.77. The number of halogens is 1. The van der Waals surface area contributed by atoms with Crippen molar-refractivity contribution in [3.63, 3.8) is 0 Å². The summed E-state index contributed by atoms with van der Waals surface area (Å²) < 4.78 is 6.66. The summed E-state index contributed by atoms with van der Waals surface area (Å²) in [5.74, 6) is -0.273. The van der Waals surface area contributed by atoms with Crippen LogP contribution in [0.4, 0.5) is 5.69 Å². The minimum atomic E-state index is -0.478. The largest absolute Gasteiger partial charge is 0.482 e. The number of amides is 2. The number of ether oxygens (including phenoxy) is 1. The van der Waals surface area contributed by atoms with Crippen molar-refractivity contribution >= 4 is 39.9 Å². The number of carbonyl (C=O) groups excluding carboxylic acids is 2. The number of aromatic nitrogens is 2. The van der Waals surface area contributed by atoms with Crippen LogP contribution in [-0.4, -0.2) is 46.2 Å². The summed E-state index contributed by atoms with van der Waals surface area (Å²) >= 11 is 6.27. The van der Waals surface area contributed by atoms with E-state index in [1.807, 2.05) is 13.8 Å². The molecular weight excluding hydrogens is 420 g/mol. The molecule has 0 spiro atoms. The number of hydrogen-bond acceptors (Lipinski definition) is 5. The molecule has 0 unspecified atom stereocenters. The second-order valence-electron chi connectivity index (χ2n) is 6.78. The van der Waals surface area contributed by atoms with Gasteiger partial charge in [-0.25, -0.2) is 4.68 Å². The number of hydrogen-bond donors (Lipinski definition) is 1. The maximum Gasteiger partial charge on any atom is 0.276 e. The lowest BCUT2D eigenvalue weighted by atomic mass is 10.1. The van der Waals surface area contributed by atoms with Gasteiger partial charge in [-0.1, -0.05) is 29.8 Å². The summed E-state index contributed by atoms with van der Waals surface area (Å²) in [4.78, 5) is 38.8. The van der Waals surface area contributed by atoms with E-state index >= 15 is 0 Å². The van der Waals surface area contributed by atoms with Gasteiger partial charge >= 0.3 is 0 Å². The van der Waals surface area contributed by atoms with Gasteiger partial charge in [0.2, 0.25) is 0 Å². The Kier molecular flexibility index (Phi) is 6.91. The Morgan fingerprint density at radius 3 is 2.45 bits per heavy atom. The maximum absolute atomic E-state index is 12.8. The highest BCUT2D eigenvalue weighted by molar-refractivity contribution is 6.32. The highest BCUT2D eigenvalue weighted by Crippen LogP contribution is 2.28. The molecular formula is C22H23ClN4O4. The summed E-state index contributed by atoms with van der Waals surface area (Å²) in [6.45, 7) is 4.88. The number of benzene rings is 2. The fourth-order valence-electron chi connectivity index (χ4n) is 3.16. The lowest BCUT2D eigenvalue weighted by Crippen LogP contribution is -2.34. The van der Waals surface area contributed by atoms with E-state index in [9.17, 15) is 14.4 Å². The van der Waals surface area contributed by atoms with Crippen LogP contribution in [-0.2, 0) is 11.8 Å². The zero-order chi connectivity index (χ0) is 22.5. The molecule has 1 heterocycles. The predicted molar refractivity (Wildman–Crippen MR) is 120 cm³/mol. The summed E-state index contributed by atoms with van der Waals surface area (Å²) in [6, 6.07) is 11.5. The second kappa shape index (κ2) is 9.61. The molecule has 1 aromatic heterocycles. The zero-order valence-corrected chi connectivity index (χ0v) is 18.3. The van der Waals surface area contributed by atoms with Crippen LogP contribution >= 0.6 is 11.6 Å². The molecule has 0 aliphatic rings. The van der Waals surface area contributed by atoms with E-state index in [2.05, 4.69) is 10.4 Å². The molecule has 31 heavy (non-hydrogen) atoms. The third kappa shape index (κ3) is 4.86. The smallest absolute Gasteiger partial charge is 0.276 e. The van der Waals surface area contributed by atoms with Gasteiger partial charge in [-0.15, -0.1) is 0 Å². The summed E-state index contributed by atoms with van der Waals surface area (Å²) in [5.41, 5.74) is 0.270. The first-order valence-electron chi connectivity index (χ1n) is 9.83. The van der Waals surface area contributed by atoms with E-state index in [0.29, 0.717) is 35.3 Å². The van der Waals surface area contributed by atoms with Crippen LogP contribution in [0.2, 0.25) is 5.02 Å². The van der Waals surface area contributed by atoms with Crippen molar-refractivity contribution in [2.24, 2.45) is 7.05 Å². The van der Waals surface area contributed by atoms with Crippen molar-refractivity contribution in [3.05, 3.63) is 63.5 Å². The maximum atomic E-state index is 12.8. The van der Waals surface area contributed by atoms with E-state index in [4.69, 9.17) is 16.3 Å². The lowest BCUT2D eigenvalue weighted by molar-refractivity contribution is -0.132. The molecule has 3 aromatic rings. The van der Waals surface area contributed by atoms with Gasteiger partial charge in [-0.05, 0) is 38.1 Å². The van der Waals surface area contributed by atoms with E-state index in [1.54, 1.807) is 41.3 Å². The molecule has 0 bridgehead atoms. The zero-order valence-electron chi connectivity index (χ0n) is 17.5. The Hall–Kier alpha value is -3.39. The normalized spacial score (nSPS) is 10.7. The number of rotatable bonds is 7. The number of nitrogens with zero attached hydrogens (tertiary/aromatic N) is 3. The Labute approximate surface area is 184 Å². The SMILES string of the molecule is CCN(CC)C(=O)COc1ccc(NC(=O)c2nn(C)c(=O)c3ccccc23)cc1Cl. The van der Waals surface area contributed by atoms with Crippen molar-refractivity contribution in [1.29, 1.82) is 0 Å². The molecule has 8 nitrogen and oxygen atoms in total. The summed E-state index contributed by atoms with van der Waals surface area (Å²) in [6.07, 6.45) is 0. The number of likely N-dealkylation sites (N-methyl/N-ethyl adjacent to an activating group) is 1. The average molecular weight is 443 g/mol. The third-order valence-corrected chi connectivity index (χ3v) is 5.12. The highest BCUT2D eigenvalue weighted by Gasteiger charge is 2.17. The third-order valence-electron chi connectivity index (χ3n) is 4.83. The second-order valence-corrected chi connectivity index (χ2v) is 7.18. The summed E-state index contributed by atoms with van der Waals surface area (Å²) in [7, 11) is 1.49. The molecule has 0 aliphatic carbocycles. The number of anilines is 1. The van der Waals surface area contributed by atoms with Crippen molar-refractivity contribution in [3.8, 4) is 5.75 Å². The van der Waals surface area contributed by atoms with Crippen LogP contribution < -0.4 is 15.6 Å². The molecule has 0 saturated carbocycles. The van der Waals surface area contributed by atoms with E-state index in [-0.39, 0.29) is 28.8 Å². The first kappa shape index (κ1) is 22.3. The van der Waals surface area contributed by atoms with Crippen LogP contribution in [0.15, 0.2) is 47.3 Å². The fourth-order valence-corrected chi connectivity index (χ4v) is 3.40. The van der Waals surface area contributed by atoms with Gasteiger partial charge in [-0.2, -0.15) is 5.10 Å². The number of carbonyl (C=O) groups is 2. The van der Waals surface area contributed by atoms with Gasteiger partial charge < -0.3 is 15.0 Å². The Morgan fingerprint density at radius 1 is 1.13 bits per heavy atom. The van der Waals surface area contributed by atoms with Gasteiger partial charge in [0.05, 0.1) is 10.4 Å². The Bertz CT molecular complexity index is 1190. The van der Waals surface area contributed by atoms with Crippen molar-refractivity contribution in [1.82, 2.24) is 14.7 Å². The minimum absolute atomic E-state index is 0.124. The van der Waals surface area contributed by atoms with Gasteiger partial charge in [-0.3, -0.25) is 14.4 Å². The van der Waals surface area contributed by atoms with Crippen LogP contribution in [0.25, 0.3) is 10.8 Å². The van der Waals surface area contributed by atoms with Gasteiger partial charge in [0.1, 0.15) is 5.75 Å². The number of aryl methyl sites for hydroxylation is 1. The topological polar surface area (TPSA) is 93.5 Å². The van der Waals surface area contributed by atoms with Crippen LogP contribution in [0.3, 0.4) is 0 Å². The van der Waals surface area contributed by atoms with E-state index < -0.39 is 5.91 Å². The van der Waals surface area contributed by atoms with E-state index in [1.165, 1.54) is 13.1 Å². The molecule has 3 rings (SSSR count). The molecule has 0 fully saturated rings. The number of fused-ring (bicyclic) bond motifs is 1. The van der Waals surface area contributed by atoms with Crippen molar-refractivity contribution in [2.45, 2.75) is 13.8 Å². The monoisotopic (exact) mass is 442 g/mol. The Morgan fingerprint density at radius 2 is 1.81 bits per heavy atom. The van der Waals surface area contributed by atoms with Gasteiger partial charge in [0.15, 0.2) is 12.3 Å². The van der Waals surface area contributed by atoms with E-state index in [0.717, 1.165) is 4.68 Å². The van der Waals surface area contributed by atoms with Crippen molar-refractivity contribution in [2.75, 3.05) is 25.0 Å². The predicted octanol–water partition coefficient (Wildman–Crippen LogP) is 3.09. The quantitative estimate of drug-likeness (QED) is 0.606. The van der Waals surface area contributed by atoms with Gasteiger partial charge in [0.25, 0.3) is 17.4 Å². The van der Waals surface area contributed by atoms with Crippen molar-refractivity contribution < 1.29 is 14.3 Å². The molecule has 0 radical (unpaired) electrons. The first-order chi connectivity index (χ1) is 14.8. The molecule has 2 amide bonds. The average Bonchev–Trinajstić information content (AvgIpc) is 2.76. The lowest BCUT2D eigenvalue weighted by Gasteiger charge is -2.19. The number of nitrogens with one attached hydrogen (secondary N) is 1. The highest BCUT2D eigenvalue weighted by atomic mass is 35.5. The fraction of sp³-hybridized carbons (Fsp3) is 0.273. The molecule has 162 valence electrons. The molecule has 0 atom stereocenters. The van der Waals surface area contributed by atoms with Crippen LogP contribution in [0.1, 0.15) is 24.3 Å². The first-order valence-corrected chi connectivity index (χ1v) is 10.2. The van der Waals surface area contributed by atoms with Gasteiger partial charge in [0, 0.05) is 31.2 Å². The molecule has 0 saturated heterocycles. The molecule has 0 aliphatic heterocycles. The molecule has 1 N–H and O–H groups in total. The standard InChI is InChI=1S/C22H23ClN4O4/c1-4-27(5-2)19(28)13-31-18-11-10-14(12-17(18)23)24-21(29)20-15-8-6-7-9-16(15)22(30)26(3)25-20/h6-12H,4-5,13H2,1-3H3,(H,24,29).